The molecule has 0 aliphatic heterocycles. The fraction of sp³-hybridized carbons (Fsp3) is 0.789. The molecule has 110 valence electrons. The summed E-state index contributed by atoms with van der Waals surface area (Å²) in [6.45, 7) is 10.1. The Morgan fingerprint density at radius 1 is 0.737 bits per heavy atom. The lowest BCUT2D eigenvalue weighted by Crippen LogP contribution is -1.93. The summed E-state index contributed by atoms with van der Waals surface area (Å²) >= 11 is 0. The van der Waals surface area contributed by atoms with Gasteiger partial charge in [-0.15, -0.1) is 11.8 Å². The van der Waals surface area contributed by atoms with Gasteiger partial charge in [0.05, 0.1) is 0 Å². The highest BCUT2D eigenvalue weighted by Crippen LogP contribution is 2.14. The van der Waals surface area contributed by atoms with E-state index >= 15 is 0 Å². The average Bonchev–Trinajstić information content (AvgIpc) is 2.41. The molecule has 0 heterocycles. The Hall–Kier alpha value is -0.440. The summed E-state index contributed by atoms with van der Waals surface area (Å²) in [4.78, 5) is 0. The fourth-order valence-corrected chi connectivity index (χ4v) is 2.20. The number of unbranched alkanes of at least 4 members (excludes halogenated alkanes) is 9. The van der Waals surface area contributed by atoms with Gasteiger partial charge in [-0.2, -0.15) is 0 Å². The maximum absolute atomic E-state index is 3.88. The molecule has 19 heavy (non-hydrogen) atoms. The van der Waals surface area contributed by atoms with Gasteiger partial charge in [0.15, 0.2) is 0 Å². The van der Waals surface area contributed by atoms with E-state index in [1.807, 2.05) is 0 Å². The summed E-state index contributed by atoms with van der Waals surface area (Å²) in [6, 6.07) is 0. The monoisotopic (exact) mass is 262 g/mol. The summed E-state index contributed by atoms with van der Waals surface area (Å²) in [7, 11) is 0. The standard InChI is InChI=1S/C19H34/c1-4-6-8-10-12-14-16-18-19(3)17-15-13-11-9-7-5-2/h19H,1-2,4-13,15,17-18H2,3H3. The molecule has 0 aromatic rings. The van der Waals surface area contributed by atoms with Crippen LogP contribution in [0.3, 0.4) is 0 Å². The van der Waals surface area contributed by atoms with Crippen LogP contribution >= 0.6 is 0 Å². The average molecular weight is 262 g/mol. The maximum Gasteiger partial charge on any atom is 0.0114 e. The van der Waals surface area contributed by atoms with E-state index in [0.717, 1.165) is 31.6 Å². The fourth-order valence-electron chi connectivity index (χ4n) is 2.20. The van der Waals surface area contributed by atoms with Crippen LogP contribution in [0.25, 0.3) is 0 Å². The van der Waals surface area contributed by atoms with Crippen LogP contribution in [-0.4, -0.2) is 0 Å². The minimum Gasteiger partial charge on any atom is -0.103 e. The number of hydrogen-bond acceptors (Lipinski definition) is 0. The van der Waals surface area contributed by atoms with Crippen molar-refractivity contribution < 1.29 is 0 Å². The van der Waals surface area contributed by atoms with Crippen LogP contribution in [-0.2, 0) is 0 Å². The second-order valence-corrected chi connectivity index (χ2v) is 5.74. The Kier molecular flexibility index (Phi) is 15.3. The third-order valence-corrected chi connectivity index (χ3v) is 3.57. The molecule has 0 spiro atoms. The summed E-state index contributed by atoms with van der Waals surface area (Å²) in [5, 5.41) is 0. The Bertz CT molecular complexity index is 218. The first kappa shape index (κ1) is 18.6. The summed E-state index contributed by atoms with van der Waals surface area (Å²) in [5.41, 5.74) is 0. The van der Waals surface area contributed by atoms with Gasteiger partial charge in [0.25, 0.3) is 0 Å². The molecule has 2 radical (unpaired) electrons. The highest BCUT2D eigenvalue weighted by Gasteiger charge is 1.99. The topological polar surface area (TPSA) is 0 Å². The van der Waals surface area contributed by atoms with Crippen molar-refractivity contribution >= 4 is 0 Å². The molecule has 0 aromatic heterocycles. The molecule has 0 bridgehead atoms. The number of hydrogen-bond donors (Lipinski definition) is 0. The van der Waals surface area contributed by atoms with Gasteiger partial charge in [0.1, 0.15) is 0 Å². The molecule has 0 aliphatic carbocycles. The zero-order valence-corrected chi connectivity index (χ0v) is 13.2. The highest BCUT2D eigenvalue weighted by molar-refractivity contribution is 4.99. The third-order valence-electron chi connectivity index (χ3n) is 3.57. The molecule has 0 N–H and O–H groups in total. The van der Waals surface area contributed by atoms with Crippen LogP contribution in [0, 0.1) is 31.6 Å². The molecule has 1 atom stereocenters. The van der Waals surface area contributed by atoms with Gasteiger partial charge in [-0.1, -0.05) is 78.6 Å². The Labute approximate surface area is 122 Å². The van der Waals surface area contributed by atoms with Crippen LogP contribution in [0.5, 0.6) is 0 Å². The normalized spacial score (nSPS) is 11.9. The van der Waals surface area contributed by atoms with E-state index in [0.29, 0.717) is 0 Å². The van der Waals surface area contributed by atoms with Crippen molar-refractivity contribution in [1.82, 2.24) is 0 Å². The first-order valence-corrected chi connectivity index (χ1v) is 8.35. The van der Waals surface area contributed by atoms with E-state index in [1.54, 1.807) is 0 Å². The van der Waals surface area contributed by atoms with E-state index in [-0.39, 0.29) is 0 Å². The molecular formula is C19H34. The molecule has 0 saturated carbocycles. The van der Waals surface area contributed by atoms with Gasteiger partial charge in [-0.05, 0) is 18.8 Å². The Balaban J connectivity index is 3.29. The summed E-state index contributed by atoms with van der Waals surface area (Å²) in [6.07, 6.45) is 16.3. The maximum atomic E-state index is 3.88. The first-order valence-electron chi connectivity index (χ1n) is 8.35. The van der Waals surface area contributed by atoms with Gasteiger partial charge in [-0.3, -0.25) is 0 Å². The predicted octanol–water partition coefficient (Wildman–Crippen LogP) is 6.37. The van der Waals surface area contributed by atoms with Crippen LogP contribution in [0.1, 0.15) is 90.4 Å². The van der Waals surface area contributed by atoms with Gasteiger partial charge in [0.2, 0.25) is 0 Å². The second-order valence-electron chi connectivity index (χ2n) is 5.74. The molecule has 0 aromatic carbocycles. The highest BCUT2D eigenvalue weighted by atomic mass is 14.0. The Morgan fingerprint density at radius 2 is 1.32 bits per heavy atom. The largest absolute Gasteiger partial charge is 0.103 e. The predicted molar refractivity (Wildman–Crippen MR) is 87.7 cm³/mol. The number of rotatable bonds is 12. The van der Waals surface area contributed by atoms with Crippen LogP contribution < -0.4 is 0 Å². The van der Waals surface area contributed by atoms with Crippen LogP contribution in [0.4, 0.5) is 0 Å². The van der Waals surface area contributed by atoms with Gasteiger partial charge in [0, 0.05) is 12.8 Å². The molecular weight excluding hydrogens is 228 g/mol. The zero-order chi connectivity index (χ0) is 14.2. The molecule has 0 nitrogen and oxygen atoms in total. The molecule has 0 aliphatic rings. The van der Waals surface area contributed by atoms with Crippen molar-refractivity contribution in [3.63, 3.8) is 0 Å². The smallest absolute Gasteiger partial charge is 0.0114 e. The van der Waals surface area contributed by atoms with Gasteiger partial charge >= 0.3 is 0 Å². The summed E-state index contributed by atoms with van der Waals surface area (Å²) in [5.74, 6) is 7.44. The van der Waals surface area contributed by atoms with E-state index in [2.05, 4.69) is 32.6 Å². The van der Waals surface area contributed by atoms with Crippen LogP contribution in [0.2, 0.25) is 0 Å². The van der Waals surface area contributed by atoms with E-state index in [1.165, 1.54) is 57.8 Å². The SMILES string of the molecule is [CH2]CCCCCC#CCC(C)CCCCCCC[CH2]. The molecule has 0 rings (SSSR count). The lowest BCUT2D eigenvalue weighted by Gasteiger charge is -2.06. The van der Waals surface area contributed by atoms with Crippen molar-refractivity contribution in [2.75, 3.05) is 0 Å². The van der Waals surface area contributed by atoms with Crippen molar-refractivity contribution in [2.45, 2.75) is 90.4 Å². The van der Waals surface area contributed by atoms with E-state index < -0.39 is 0 Å². The first-order chi connectivity index (χ1) is 9.31. The third kappa shape index (κ3) is 15.5. The van der Waals surface area contributed by atoms with Crippen molar-refractivity contribution in [2.24, 2.45) is 5.92 Å². The minimum atomic E-state index is 0.778. The van der Waals surface area contributed by atoms with E-state index in [9.17, 15) is 0 Å². The lowest BCUT2D eigenvalue weighted by molar-refractivity contribution is 0.493. The molecule has 1 unspecified atom stereocenters. The zero-order valence-electron chi connectivity index (χ0n) is 13.2. The van der Waals surface area contributed by atoms with Gasteiger partial charge in [-0.25, -0.2) is 0 Å². The quantitative estimate of drug-likeness (QED) is 0.283. The second kappa shape index (κ2) is 15.6. The summed E-state index contributed by atoms with van der Waals surface area (Å²) < 4.78 is 0. The molecule has 0 fully saturated rings. The minimum absolute atomic E-state index is 0.778. The molecule has 0 saturated heterocycles. The Morgan fingerprint density at radius 3 is 2.00 bits per heavy atom. The van der Waals surface area contributed by atoms with Crippen molar-refractivity contribution in [3.05, 3.63) is 13.8 Å². The van der Waals surface area contributed by atoms with Crippen molar-refractivity contribution in [1.29, 1.82) is 0 Å². The lowest BCUT2D eigenvalue weighted by atomic mass is 9.99. The molecule has 0 amide bonds. The van der Waals surface area contributed by atoms with E-state index in [4.69, 9.17) is 0 Å². The molecule has 0 heteroatoms. The van der Waals surface area contributed by atoms with Gasteiger partial charge < -0.3 is 0 Å². The van der Waals surface area contributed by atoms with Crippen molar-refractivity contribution in [3.8, 4) is 11.8 Å². The van der Waals surface area contributed by atoms with Crippen LogP contribution in [0.15, 0.2) is 0 Å².